The average Bonchev–Trinajstić information content (AvgIpc) is 2.19. The SMILES string of the molecule is Nc1ccc(F)cc1S(=O)COCC(F)(F)F. The lowest BCUT2D eigenvalue weighted by Crippen LogP contribution is -2.19. The molecule has 1 aromatic rings. The molecule has 1 unspecified atom stereocenters. The fourth-order valence-corrected chi connectivity index (χ4v) is 1.94. The van der Waals surface area contributed by atoms with Crippen LogP contribution in [0.3, 0.4) is 0 Å². The number of halogens is 4. The average molecular weight is 271 g/mol. The standard InChI is InChI=1S/C9H9F4NO2S/c10-6-1-2-7(14)8(3-6)17(15)5-16-4-9(11,12)13/h1-3H,4-5,14H2. The van der Waals surface area contributed by atoms with Gasteiger partial charge in [0.25, 0.3) is 0 Å². The Labute approximate surface area is 97.0 Å². The first kappa shape index (κ1) is 13.9. The molecule has 1 atom stereocenters. The molecule has 8 heteroatoms. The van der Waals surface area contributed by atoms with Crippen LogP contribution in [0.2, 0.25) is 0 Å². The molecule has 0 heterocycles. The van der Waals surface area contributed by atoms with E-state index in [9.17, 15) is 21.8 Å². The number of nitrogen functional groups attached to an aromatic ring is 1. The first-order valence-corrected chi connectivity index (χ1v) is 5.69. The molecule has 0 amide bonds. The minimum absolute atomic E-state index is 0.0420. The Kier molecular flexibility index (Phi) is 4.47. The molecule has 0 bridgehead atoms. The fourth-order valence-electron chi connectivity index (χ4n) is 1.00. The van der Waals surface area contributed by atoms with Crippen molar-refractivity contribution < 1.29 is 26.5 Å². The Morgan fingerprint density at radius 1 is 1.35 bits per heavy atom. The summed E-state index contributed by atoms with van der Waals surface area (Å²) >= 11 is 0. The van der Waals surface area contributed by atoms with E-state index in [2.05, 4.69) is 4.74 Å². The molecule has 1 rings (SSSR count). The second-order valence-corrected chi connectivity index (χ2v) is 4.48. The first-order chi connectivity index (χ1) is 7.79. The highest BCUT2D eigenvalue weighted by Gasteiger charge is 2.27. The van der Waals surface area contributed by atoms with Gasteiger partial charge in [0.2, 0.25) is 0 Å². The normalized spacial score (nSPS) is 13.6. The van der Waals surface area contributed by atoms with Gasteiger partial charge in [0.15, 0.2) is 0 Å². The van der Waals surface area contributed by atoms with E-state index in [1.54, 1.807) is 0 Å². The van der Waals surface area contributed by atoms with Crippen molar-refractivity contribution >= 4 is 16.5 Å². The summed E-state index contributed by atoms with van der Waals surface area (Å²) in [5.74, 6) is -1.36. The van der Waals surface area contributed by atoms with Crippen molar-refractivity contribution in [1.82, 2.24) is 0 Å². The van der Waals surface area contributed by atoms with E-state index in [-0.39, 0.29) is 10.6 Å². The molecule has 96 valence electrons. The molecule has 0 fully saturated rings. The molecule has 3 nitrogen and oxygen atoms in total. The van der Waals surface area contributed by atoms with Crippen molar-refractivity contribution in [2.45, 2.75) is 11.1 Å². The molecule has 0 radical (unpaired) electrons. The minimum Gasteiger partial charge on any atom is -0.398 e. The summed E-state index contributed by atoms with van der Waals surface area (Å²) in [6.07, 6.45) is -4.49. The van der Waals surface area contributed by atoms with Crippen molar-refractivity contribution in [3.05, 3.63) is 24.0 Å². The van der Waals surface area contributed by atoms with Gasteiger partial charge in [0.1, 0.15) is 18.4 Å². The van der Waals surface area contributed by atoms with Crippen LogP contribution in [-0.2, 0) is 15.5 Å². The number of ether oxygens (including phenoxy) is 1. The van der Waals surface area contributed by atoms with Crippen molar-refractivity contribution in [1.29, 1.82) is 0 Å². The maximum absolute atomic E-state index is 12.8. The zero-order chi connectivity index (χ0) is 13.1. The van der Waals surface area contributed by atoms with E-state index in [1.165, 1.54) is 6.07 Å². The van der Waals surface area contributed by atoms with Gasteiger partial charge in [0.05, 0.1) is 15.7 Å². The van der Waals surface area contributed by atoms with Crippen molar-refractivity contribution in [2.24, 2.45) is 0 Å². The molecule has 0 aromatic heterocycles. The lowest BCUT2D eigenvalue weighted by atomic mass is 10.3. The number of rotatable bonds is 4. The first-order valence-electron chi connectivity index (χ1n) is 4.37. The van der Waals surface area contributed by atoms with Gasteiger partial charge in [-0.1, -0.05) is 0 Å². The van der Waals surface area contributed by atoms with Crippen molar-refractivity contribution in [2.75, 3.05) is 18.3 Å². The van der Waals surface area contributed by atoms with Crippen molar-refractivity contribution in [3.8, 4) is 0 Å². The summed E-state index contributed by atoms with van der Waals surface area (Å²) in [7, 11) is -1.93. The van der Waals surface area contributed by atoms with E-state index in [1.807, 2.05) is 0 Å². The van der Waals surface area contributed by atoms with E-state index in [0.29, 0.717) is 0 Å². The predicted molar refractivity (Wildman–Crippen MR) is 54.1 cm³/mol. The number of nitrogens with two attached hydrogens (primary N) is 1. The van der Waals surface area contributed by atoms with E-state index < -0.39 is 35.3 Å². The molecular weight excluding hydrogens is 262 g/mol. The Morgan fingerprint density at radius 2 is 2.00 bits per heavy atom. The van der Waals surface area contributed by atoms with Crippen LogP contribution < -0.4 is 5.73 Å². The number of benzene rings is 1. The van der Waals surface area contributed by atoms with Gasteiger partial charge in [-0.15, -0.1) is 0 Å². The Morgan fingerprint density at radius 3 is 2.59 bits per heavy atom. The largest absolute Gasteiger partial charge is 0.411 e. The third-order valence-corrected chi connectivity index (χ3v) is 2.90. The number of anilines is 1. The van der Waals surface area contributed by atoms with Crippen LogP contribution in [0.1, 0.15) is 0 Å². The zero-order valence-corrected chi connectivity index (χ0v) is 9.28. The van der Waals surface area contributed by atoms with Crippen LogP contribution >= 0.6 is 0 Å². The third-order valence-electron chi connectivity index (χ3n) is 1.68. The second-order valence-electron chi connectivity index (χ2n) is 3.11. The van der Waals surface area contributed by atoms with E-state index in [0.717, 1.165) is 12.1 Å². The Bertz CT molecular complexity index is 422. The Balaban J connectivity index is 2.61. The monoisotopic (exact) mass is 271 g/mol. The molecular formula is C9H9F4NO2S. The second kappa shape index (κ2) is 5.46. The number of alkyl halides is 3. The van der Waals surface area contributed by atoms with Crippen LogP contribution in [0, 0.1) is 5.82 Å². The van der Waals surface area contributed by atoms with Crippen molar-refractivity contribution in [3.63, 3.8) is 0 Å². The molecule has 1 aromatic carbocycles. The van der Waals surface area contributed by atoms with Gasteiger partial charge in [-0.25, -0.2) is 4.39 Å². The smallest absolute Gasteiger partial charge is 0.398 e. The van der Waals surface area contributed by atoms with Gasteiger partial charge in [-0.05, 0) is 18.2 Å². The van der Waals surface area contributed by atoms with Gasteiger partial charge >= 0.3 is 6.18 Å². The lowest BCUT2D eigenvalue weighted by molar-refractivity contribution is -0.169. The van der Waals surface area contributed by atoms with Crippen LogP contribution in [0.25, 0.3) is 0 Å². The molecule has 2 N–H and O–H groups in total. The molecule has 0 saturated carbocycles. The number of hydrogen-bond donors (Lipinski definition) is 1. The minimum atomic E-state index is -4.49. The summed E-state index contributed by atoms with van der Waals surface area (Å²) < 4.78 is 63.7. The molecule has 0 saturated heterocycles. The summed E-state index contributed by atoms with van der Waals surface area (Å²) in [5.41, 5.74) is 5.45. The third kappa shape index (κ3) is 4.70. The summed E-state index contributed by atoms with van der Waals surface area (Å²) in [4.78, 5) is -0.0767. The highest BCUT2D eigenvalue weighted by Crippen LogP contribution is 2.19. The van der Waals surface area contributed by atoms with Crippen LogP contribution in [0.5, 0.6) is 0 Å². The van der Waals surface area contributed by atoms with Crippen LogP contribution in [0.15, 0.2) is 23.1 Å². The summed E-state index contributed by atoms with van der Waals surface area (Å²) in [6, 6.07) is 3.15. The van der Waals surface area contributed by atoms with Gasteiger partial charge < -0.3 is 10.5 Å². The highest BCUT2D eigenvalue weighted by atomic mass is 32.2. The quantitative estimate of drug-likeness (QED) is 0.673. The fraction of sp³-hybridized carbons (Fsp3) is 0.333. The molecule has 0 aliphatic heterocycles. The van der Waals surface area contributed by atoms with Gasteiger partial charge in [0, 0.05) is 5.69 Å². The predicted octanol–water partition coefficient (Wildman–Crippen LogP) is 2.05. The zero-order valence-electron chi connectivity index (χ0n) is 8.46. The molecule has 0 aliphatic carbocycles. The number of hydrogen-bond acceptors (Lipinski definition) is 3. The molecule has 0 spiro atoms. The van der Waals surface area contributed by atoms with Gasteiger partial charge in [-0.3, -0.25) is 4.21 Å². The van der Waals surface area contributed by atoms with Crippen LogP contribution in [-0.4, -0.2) is 22.9 Å². The van der Waals surface area contributed by atoms with E-state index in [4.69, 9.17) is 5.73 Å². The van der Waals surface area contributed by atoms with Crippen LogP contribution in [0.4, 0.5) is 23.2 Å². The maximum atomic E-state index is 12.8. The highest BCUT2D eigenvalue weighted by molar-refractivity contribution is 7.85. The van der Waals surface area contributed by atoms with Gasteiger partial charge in [-0.2, -0.15) is 13.2 Å². The molecule has 17 heavy (non-hydrogen) atoms. The summed E-state index contributed by atoms with van der Waals surface area (Å²) in [6.45, 7) is -1.51. The molecule has 0 aliphatic rings. The topological polar surface area (TPSA) is 52.3 Å². The lowest BCUT2D eigenvalue weighted by Gasteiger charge is -2.08. The van der Waals surface area contributed by atoms with E-state index >= 15 is 0 Å². The Hall–Kier alpha value is -1.15. The maximum Gasteiger partial charge on any atom is 0.411 e. The summed E-state index contributed by atoms with van der Waals surface area (Å²) in [5, 5.41) is 0.